The zero-order valence-corrected chi connectivity index (χ0v) is 14.5. The third-order valence-electron chi connectivity index (χ3n) is 4.48. The zero-order chi connectivity index (χ0) is 18.5. The van der Waals surface area contributed by atoms with E-state index < -0.39 is 5.97 Å². The molecule has 1 aromatic heterocycles. The van der Waals surface area contributed by atoms with Crippen LogP contribution >= 0.6 is 0 Å². The maximum absolute atomic E-state index is 12.3. The normalized spacial score (nSPS) is 19.7. The van der Waals surface area contributed by atoms with Crippen molar-refractivity contribution in [1.82, 2.24) is 15.3 Å². The smallest absolute Gasteiger partial charge is 0.356 e. The number of carbonyl (C=O) groups excluding carboxylic acids is 1. The van der Waals surface area contributed by atoms with E-state index in [-0.39, 0.29) is 29.3 Å². The fourth-order valence-electron chi connectivity index (χ4n) is 3.05. The second kappa shape index (κ2) is 8.05. The van der Waals surface area contributed by atoms with Gasteiger partial charge in [-0.2, -0.15) is 0 Å². The molecule has 2 N–H and O–H groups in total. The third kappa shape index (κ3) is 4.23. The number of rotatable bonds is 5. The van der Waals surface area contributed by atoms with E-state index in [0.29, 0.717) is 13.2 Å². The Morgan fingerprint density at radius 3 is 2.54 bits per heavy atom. The summed E-state index contributed by atoms with van der Waals surface area (Å²) < 4.78 is 5.95. The second-order valence-electron chi connectivity index (χ2n) is 6.41. The van der Waals surface area contributed by atoms with Crippen molar-refractivity contribution in [3.05, 3.63) is 59.2 Å². The lowest BCUT2D eigenvalue weighted by Gasteiger charge is -2.32. The molecular formula is C19H21N3O4. The summed E-state index contributed by atoms with van der Waals surface area (Å²) in [6.45, 7) is 3.21. The molecule has 1 fully saturated rings. The predicted octanol–water partition coefficient (Wildman–Crippen LogP) is 2.38. The minimum atomic E-state index is -1.18. The number of aromatic nitrogens is 2. The van der Waals surface area contributed by atoms with Gasteiger partial charge in [0.05, 0.1) is 18.5 Å². The Balaban J connectivity index is 1.63. The first-order valence-electron chi connectivity index (χ1n) is 8.56. The molecule has 136 valence electrons. The van der Waals surface area contributed by atoms with E-state index in [9.17, 15) is 9.59 Å². The van der Waals surface area contributed by atoms with Crippen molar-refractivity contribution in [3.63, 3.8) is 0 Å². The first-order chi connectivity index (χ1) is 12.5. The van der Waals surface area contributed by atoms with Gasteiger partial charge in [0, 0.05) is 19.1 Å². The number of benzene rings is 1. The number of aromatic carboxylic acids is 1. The van der Waals surface area contributed by atoms with Crippen LogP contribution in [0.15, 0.2) is 36.7 Å². The average Bonchev–Trinajstić information content (AvgIpc) is 2.67. The number of aryl methyl sites for hydroxylation is 1. The molecule has 2 heterocycles. The van der Waals surface area contributed by atoms with Crippen molar-refractivity contribution < 1.29 is 19.4 Å². The van der Waals surface area contributed by atoms with Crippen LogP contribution in [0.2, 0.25) is 0 Å². The van der Waals surface area contributed by atoms with Gasteiger partial charge in [-0.1, -0.05) is 29.8 Å². The summed E-state index contributed by atoms with van der Waals surface area (Å²) in [5, 5.41) is 11.7. The molecule has 2 unspecified atom stereocenters. The molecule has 1 aliphatic heterocycles. The van der Waals surface area contributed by atoms with Crippen LogP contribution < -0.4 is 5.32 Å². The lowest BCUT2D eigenvalue weighted by atomic mass is 9.89. The summed E-state index contributed by atoms with van der Waals surface area (Å²) >= 11 is 0. The van der Waals surface area contributed by atoms with Crippen LogP contribution in [0.1, 0.15) is 51.0 Å². The Hall–Kier alpha value is -2.80. The van der Waals surface area contributed by atoms with E-state index in [0.717, 1.165) is 24.6 Å². The maximum Gasteiger partial charge on any atom is 0.356 e. The predicted molar refractivity (Wildman–Crippen MR) is 93.9 cm³/mol. The number of carboxylic acids is 1. The Morgan fingerprint density at radius 2 is 1.88 bits per heavy atom. The maximum atomic E-state index is 12.3. The monoisotopic (exact) mass is 355 g/mol. The van der Waals surface area contributed by atoms with Crippen molar-refractivity contribution >= 4 is 11.9 Å². The van der Waals surface area contributed by atoms with E-state index in [4.69, 9.17) is 9.84 Å². The summed E-state index contributed by atoms with van der Waals surface area (Å²) in [4.78, 5) is 30.6. The van der Waals surface area contributed by atoms with Crippen LogP contribution in [0, 0.1) is 12.8 Å². The zero-order valence-electron chi connectivity index (χ0n) is 14.5. The van der Waals surface area contributed by atoms with E-state index in [1.807, 2.05) is 6.92 Å². The van der Waals surface area contributed by atoms with Gasteiger partial charge >= 0.3 is 5.97 Å². The summed E-state index contributed by atoms with van der Waals surface area (Å²) in [7, 11) is 0. The Kier molecular flexibility index (Phi) is 5.58. The summed E-state index contributed by atoms with van der Waals surface area (Å²) in [6.07, 6.45) is 4.12. The molecule has 7 heteroatoms. The summed E-state index contributed by atoms with van der Waals surface area (Å²) in [5.74, 6) is -1.38. The molecule has 0 aliphatic carbocycles. The van der Waals surface area contributed by atoms with Crippen molar-refractivity contribution in [2.24, 2.45) is 5.92 Å². The minimum absolute atomic E-state index is 0.0508. The Labute approximate surface area is 151 Å². The minimum Gasteiger partial charge on any atom is -0.476 e. The fraction of sp³-hybridized carbons (Fsp3) is 0.368. The fourth-order valence-corrected chi connectivity index (χ4v) is 3.05. The number of carboxylic acid groups (broad SMARTS) is 1. The van der Waals surface area contributed by atoms with E-state index in [1.54, 1.807) is 0 Å². The van der Waals surface area contributed by atoms with Crippen LogP contribution in [0.3, 0.4) is 0 Å². The molecule has 0 radical (unpaired) electrons. The van der Waals surface area contributed by atoms with E-state index in [1.165, 1.54) is 11.8 Å². The highest BCUT2D eigenvalue weighted by Gasteiger charge is 2.28. The van der Waals surface area contributed by atoms with Gasteiger partial charge in [0.1, 0.15) is 5.69 Å². The quantitative estimate of drug-likeness (QED) is 0.854. The molecule has 0 bridgehead atoms. The van der Waals surface area contributed by atoms with Crippen LogP contribution in [-0.2, 0) is 4.74 Å². The lowest BCUT2D eigenvalue weighted by Crippen LogP contribution is -2.35. The van der Waals surface area contributed by atoms with Gasteiger partial charge in [-0.3, -0.25) is 4.79 Å². The summed E-state index contributed by atoms with van der Waals surface area (Å²) in [5.41, 5.74) is 2.21. The number of hydrogen-bond donors (Lipinski definition) is 2. The molecule has 7 nitrogen and oxygen atoms in total. The van der Waals surface area contributed by atoms with Crippen LogP contribution in [-0.4, -0.2) is 40.1 Å². The molecule has 1 aromatic carbocycles. The average molecular weight is 355 g/mol. The standard InChI is InChI=1S/C19H21N3O4/c1-12-4-6-13(7-5-12)17-14(3-2-8-26-17)9-22-18(23)15-10-21-16(11-20-15)19(24)25/h4-7,10-11,14,17H,2-3,8-9H2,1H3,(H,22,23)(H,24,25). The molecule has 2 atom stereocenters. The van der Waals surface area contributed by atoms with Crippen LogP contribution in [0.5, 0.6) is 0 Å². The third-order valence-corrected chi connectivity index (χ3v) is 4.48. The van der Waals surface area contributed by atoms with Gasteiger partial charge in [-0.15, -0.1) is 0 Å². The molecule has 1 aliphatic rings. The number of hydrogen-bond acceptors (Lipinski definition) is 5. The van der Waals surface area contributed by atoms with Crippen molar-refractivity contribution in [1.29, 1.82) is 0 Å². The first-order valence-corrected chi connectivity index (χ1v) is 8.56. The van der Waals surface area contributed by atoms with Gasteiger partial charge in [-0.25, -0.2) is 14.8 Å². The Bertz CT molecular complexity index is 774. The van der Waals surface area contributed by atoms with Gasteiger partial charge in [-0.05, 0) is 25.3 Å². The topological polar surface area (TPSA) is 101 Å². The first kappa shape index (κ1) is 18.0. The molecule has 1 amide bonds. The van der Waals surface area contributed by atoms with E-state index >= 15 is 0 Å². The van der Waals surface area contributed by atoms with Crippen LogP contribution in [0.25, 0.3) is 0 Å². The molecule has 2 aromatic rings. The van der Waals surface area contributed by atoms with Gasteiger partial charge in [0.25, 0.3) is 5.91 Å². The second-order valence-corrected chi connectivity index (χ2v) is 6.41. The van der Waals surface area contributed by atoms with E-state index in [2.05, 4.69) is 39.6 Å². The van der Waals surface area contributed by atoms with Crippen molar-refractivity contribution in [3.8, 4) is 0 Å². The highest BCUT2D eigenvalue weighted by Crippen LogP contribution is 2.33. The molecule has 3 rings (SSSR count). The molecule has 1 saturated heterocycles. The van der Waals surface area contributed by atoms with Crippen molar-refractivity contribution in [2.75, 3.05) is 13.2 Å². The SMILES string of the molecule is Cc1ccc(C2OCCCC2CNC(=O)c2cnc(C(=O)O)cn2)cc1. The van der Waals surface area contributed by atoms with Gasteiger partial charge < -0.3 is 15.2 Å². The van der Waals surface area contributed by atoms with Crippen molar-refractivity contribution in [2.45, 2.75) is 25.9 Å². The lowest BCUT2D eigenvalue weighted by molar-refractivity contribution is -0.0272. The molecular weight excluding hydrogens is 334 g/mol. The largest absolute Gasteiger partial charge is 0.476 e. The van der Waals surface area contributed by atoms with Gasteiger partial charge in [0.15, 0.2) is 5.69 Å². The molecule has 0 spiro atoms. The number of amides is 1. The molecule has 0 saturated carbocycles. The number of nitrogens with zero attached hydrogens (tertiary/aromatic N) is 2. The number of nitrogens with one attached hydrogen (secondary N) is 1. The summed E-state index contributed by atoms with van der Waals surface area (Å²) in [6, 6.07) is 8.25. The van der Waals surface area contributed by atoms with Crippen LogP contribution in [0.4, 0.5) is 0 Å². The highest BCUT2D eigenvalue weighted by molar-refractivity contribution is 5.92. The molecule has 26 heavy (non-hydrogen) atoms. The Morgan fingerprint density at radius 1 is 1.19 bits per heavy atom. The number of carbonyl (C=O) groups is 2. The number of ether oxygens (including phenoxy) is 1. The highest BCUT2D eigenvalue weighted by atomic mass is 16.5. The van der Waals surface area contributed by atoms with Gasteiger partial charge in [0.2, 0.25) is 0 Å².